The molecule has 0 saturated heterocycles. The fraction of sp³-hybridized carbons (Fsp3) is 0.435. The van der Waals surface area contributed by atoms with Gasteiger partial charge in [-0.1, -0.05) is 6.92 Å². The molecule has 30 heavy (non-hydrogen) atoms. The lowest BCUT2D eigenvalue weighted by atomic mass is 10.1. The first-order valence-corrected chi connectivity index (χ1v) is 10.8. The Morgan fingerprint density at radius 3 is 2.43 bits per heavy atom. The number of alkyl halides is 3. The minimum absolute atomic E-state index is 0.105. The van der Waals surface area contributed by atoms with Gasteiger partial charge >= 0.3 is 6.18 Å². The third-order valence-corrected chi connectivity index (χ3v) is 5.65. The topological polar surface area (TPSA) is 42.2 Å². The van der Waals surface area contributed by atoms with Crippen LogP contribution in [0, 0.1) is 24.2 Å². The highest BCUT2D eigenvalue weighted by Gasteiger charge is 2.30. The molecule has 162 valence electrons. The molecule has 1 atom stereocenters. The van der Waals surface area contributed by atoms with E-state index in [4.69, 9.17) is 14.7 Å². The number of hydrogen-bond donors (Lipinski definition) is 0. The summed E-state index contributed by atoms with van der Waals surface area (Å²) in [5.74, 6) is 2.13. The van der Waals surface area contributed by atoms with Crippen molar-refractivity contribution in [3.63, 3.8) is 0 Å². The highest BCUT2D eigenvalue weighted by molar-refractivity contribution is 7.99. The molecule has 0 saturated carbocycles. The first-order valence-electron chi connectivity index (χ1n) is 9.86. The SMILES string of the molecule is CCCOc1ccc(SCC(CCC#N)COc2ccc(C(F)(F)F)cc2)cc1C. The van der Waals surface area contributed by atoms with Crippen molar-refractivity contribution >= 4 is 11.8 Å². The zero-order valence-electron chi connectivity index (χ0n) is 17.2. The van der Waals surface area contributed by atoms with E-state index in [1.54, 1.807) is 11.8 Å². The smallest absolute Gasteiger partial charge is 0.416 e. The molecule has 0 bridgehead atoms. The third-order valence-electron chi connectivity index (χ3n) is 4.43. The van der Waals surface area contributed by atoms with Crippen molar-refractivity contribution in [2.75, 3.05) is 19.0 Å². The maximum Gasteiger partial charge on any atom is 0.416 e. The molecule has 0 aromatic heterocycles. The van der Waals surface area contributed by atoms with Crippen LogP contribution in [0.15, 0.2) is 47.4 Å². The predicted molar refractivity (Wildman–Crippen MR) is 113 cm³/mol. The van der Waals surface area contributed by atoms with E-state index >= 15 is 0 Å². The van der Waals surface area contributed by atoms with Crippen LogP contribution in [-0.2, 0) is 6.18 Å². The van der Waals surface area contributed by atoms with Crippen molar-refractivity contribution in [3.05, 3.63) is 53.6 Å². The summed E-state index contributed by atoms with van der Waals surface area (Å²) < 4.78 is 49.4. The molecule has 0 spiro atoms. The maximum atomic E-state index is 12.7. The van der Waals surface area contributed by atoms with E-state index in [2.05, 4.69) is 19.1 Å². The number of aryl methyl sites for hydroxylation is 1. The van der Waals surface area contributed by atoms with Gasteiger partial charge in [-0.25, -0.2) is 0 Å². The Balaban J connectivity index is 1.92. The number of rotatable bonds is 11. The third kappa shape index (κ3) is 7.83. The molecule has 1 unspecified atom stereocenters. The number of halogens is 3. The Kier molecular flexibility index (Phi) is 9.38. The molecule has 2 aromatic carbocycles. The van der Waals surface area contributed by atoms with Gasteiger partial charge < -0.3 is 9.47 Å². The van der Waals surface area contributed by atoms with Gasteiger partial charge in [0.1, 0.15) is 11.5 Å². The molecule has 0 aliphatic carbocycles. The van der Waals surface area contributed by atoms with Crippen LogP contribution < -0.4 is 9.47 Å². The number of nitrogens with zero attached hydrogens (tertiary/aromatic N) is 1. The normalized spacial score (nSPS) is 12.3. The first kappa shape index (κ1) is 23.9. The van der Waals surface area contributed by atoms with Gasteiger partial charge in [0.2, 0.25) is 0 Å². The van der Waals surface area contributed by atoms with Crippen molar-refractivity contribution in [2.45, 2.75) is 44.2 Å². The number of nitriles is 1. The average molecular weight is 438 g/mol. The molecule has 2 rings (SSSR count). The number of ether oxygens (including phenoxy) is 2. The summed E-state index contributed by atoms with van der Waals surface area (Å²) in [6.45, 7) is 5.10. The first-order chi connectivity index (χ1) is 14.3. The van der Waals surface area contributed by atoms with E-state index in [0.29, 0.717) is 31.8 Å². The summed E-state index contributed by atoms with van der Waals surface area (Å²) >= 11 is 1.67. The molecule has 7 heteroatoms. The number of thioether (sulfide) groups is 1. The van der Waals surface area contributed by atoms with Crippen LogP contribution >= 0.6 is 11.8 Å². The van der Waals surface area contributed by atoms with Crippen molar-refractivity contribution in [1.29, 1.82) is 5.26 Å². The lowest BCUT2D eigenvalue weighted by molar-refractivity contribution is -0.137. The van der Waals surface area contributed by atoms with Gasteiger partial charge in [-0.2, -0.15) is 18.4 Å². The molecular formula is C23H26F3NO2S. The Bertz CT molecular complexity index is 832. The molecule has 2 aromatic rings. The van der Waals surface area contributed by atoms with Crippen LogP contribution in [0.25, 0.3) is 0 Å². The molecular weight excluding hydrogens is 411 g/mol. The second-order valence-electron chi connectivity index (χ2n) is 6.98. The molecule has 0 aliphatic rings. The Labute approximate surface area is 180 Å². The summed E-state index contributed by atoms with van der Waals surface area (Å²) in [5, 5.41) is 8.91. The van der Waals surface area contributed by atoms with Crippen LogP contribution in [0.4, 0.5) is 13.2 Å². The zero-order chi connectivity index (χ0) is 22.0. The van der Waals surface area contributed by atoms with Crippen molar-refractivity contribution in [3.8, 4) is 17.6 Å². The molecule has 0 radical (unpaired) electrons. The minimum Gasteiger partial charge on any atom is -0.493 e. The van der Waals surface area contributed by atoms with Crippen LogP contribution in [0.3, 0.4) is 0 Å². The second kappa shape index (κ2) is 11.8. The standard InChI is InChI=1S/C23H26F3NO2S/c1-3-13-28-22-11-10-21(14-17(22)2)30-16-18(5-4-12-27)15-29-20-8-6-19(7-9-20)23(24,25)26/h6-11,14,18H,3-5,13,15-16H2,1-2H3. The number of hydrogen-bond acceptors (Lipinski definition) is 4. The van der Waals surface area contributed by atoms with Gasteiger partial charge in [-0.3, -0.25) is 0 Å². The van der Waals surface area contributed by atoms with E-state index in [-0.39, 0.29) is 5.92 Å². The monoisotopic (exact) mass is 437 g/mol. The van der Waals surface area contributed by atoms with Gasteiger partial charge in [0.15, 0.2) is 0 Å². The van der Waals surface area contributed by atoms with E-state index in [1.165, 1.54) is 12.1 Å². The Morgan fingerprint density at radius 2 is 1.83 bits per heavy atom. The molecule has 0 amide bonds. The quantitative estimate of drug-likeness (QED) is 0.359. The van der Waals surface area contributed by atoms with Crippen molar-refractivity contribution < 1.29 is 22.6 Å². The maximum absolute atomic E-state index is 12.7. The van der Waals surface area contributed by atoms with Gasteiger partial charge in [-0.15, -0.1) is 11.8 Å². The molecule has 0 heterocycles. The number of benzene rings is 2. The van der Waals surface area contributed by atoms with Crippen LogP contribution in [0.5, 0.6) is 11.5 Å². The summed E-state index contributed by atoms with van der Waals surface area (Å²) in [4.78, 5) is 1.10. The molecule has 0 aliphatic heterocycles. The summed E-state index contributed by atoms with van der Waals surface area (Å²) in [6.07, 6.45) is -2.33. The lowest BCUT2D eigenvalue weighted by Gasteiger charge is -2.17. The highest BCUT2D eigenvalue weighted by atomic mass is 32.2. The summed E-state index contributed by atoms with van der Waals surface area (Å²) in [5.41, 5.74) is 0.371. The van der Waals surface area contributed by atoms with E-state index in [0.717, 1.165) is 40.5 Å². The van der Waals surface area contributed by atoms with Crippen molar-refractivity contribution in [2.24, 2.45) is 5.92 Å². The highest BCUT2D eigenvalue weighted by Crippen LogP contribution is 2.31. The van der Waals surface area contributed by atoms with Gasteiger partial charge in [0, 0.05) is 23.0 Å². The van der Waals surface area contributed by atoms with Crippen molar-refractivity contribution in [1.82, 2.24) is 0 Å². The van der Waals surface area contributed by atoms with E-state index in [1.807, 2.05) is 19.1 Å². The van der Waals surface area contributed by atoms with Gasteiger partial charge in [0.25, 0.3) is 0 Å². The fourth-order valence-corrected chi connectivity index (χ4v) is 3.85. The van der Waals surface area contributed by atoms with E-state index in [9.17, 15) is 13.2 Å². The predicted octanol–water partition coefficient (Wildman–Crippen LogP) is 6.89. The lowest BCUT2D eigenvalue weighted by Crippen LogP contribution is -2.15. The van der Waals surface area contributed by atoms with Crippen LogP contribution in [0.2, 0.25) is 0 Å². The zero-order valence-corrected chi connectivity index (χ0v) is 18.0. The molecule has 0 N–H and O–H groups in total. The van der Waals surface area contributed by atoms with Gasteiger partial charge in [0.05, 0.1) is 24.8 Å². The van der Waals surface area contributed by atoms with E-state index < -0.39 is 11.7 Å². The summed E-state index contributed by atoms with van der Waals surface area (Å²) in [6, 6.07) is 12.9. The second-order valence-corrected chi connectivity index (χ2v) is 8.08. The summed E-state index contributed by atoms with van der Waals surface area (Å²) in [7, 11) is 0. The van der Waals surface area contributed by atoms with Crippen LogP contribution in [-0.4, -0.2) is 19.0 Å². The van der Waals surface area contributed by atoms with Crippen LogP contribution in [0.1, 0.15) is 37.3 Å². The Morgan fingerprint density at radius 1 is 1.10 bits per heavy atom. The fourth-order valence-electron chi connectivity index (χ4n) is 2.74. The molecule has 0 fully saturated rings. The average Bonchev–Trinajstić information content (AvgIpc) is 2.72. The van der Waals surface area contributed by atoms with Gasteiger partial charge in [-0.05, 0) is 67.8 Å². The largest absolute Gasteiger partial charge is 0.493 e. The molecule has 3 nitrogen and oxygen atoms in total. The minimum atomic E-state index is -4.36. The Hall–Kier alpha value is -2.33.